The first-order valence-corrected chi connectivity index (χ1v) is 5.99. The van der Waals surface area contributed by atoms with E-state index in [1.165, 1.54) is 6.66 Å². The highest BCUT2D eigenvalue weighted by Crippen LogP contribution is 2.39. The van der Waals surface area contributed by atoms with Gasteiger partial charge in [-0.05, 0) is 12.8 Å². The van der Waals surface area contributed by atoms with Crippen LogP contribution in [-0.2, 0) is 4.57 Å². The van der Waals surface area contributed by atoms with Gasteiger partial charge in [-0.1, -0.05) is 11.6 Å². The Morgan fingerprint density at radius 2 is 2.55 bits per heavy atom. The molecule has 0 heterocycles. The van der Waals surface area contributed by atoms with Crippen LogP contribution in [0.15, 0.2) is 11.6 Å². The van der Waals surface area contributed by atoms with Crippen LogP contribution in [0.4, 0.5) is 0 Å². The maximum atomic E-state index is 11.0. The molecule has 11 heavy (non-hydrogen) atoms. The minimum absolute atomic E-state index is 0.177. The van der Waals surface area contributed by atoms with Crippen molar-refractivity contribution in [3.05, 3.63) is 11.6 Å². The van der Waals surface area contributed by atoms with Crippen LogP contribution in [0.1, 0.15) is 12.8 Å². The van der Waals surface area contributed by atoms with Gasteiger partial charge in [-0.15, -0.1) is 0 Å². The summed E-state index contributed by atoms with van der Waals surface area (Å²) in [6, 6.07) is 0.177. The number of hydrogen-bond donors (Lipinski definition) is 2. The van der Waals surface area contributed by atoms with Gasteiger partial charge < -0.3 is 10.6 Å². The third kappa shape index (κ3) is 3.19. The molecule has 0 aliphatic heterocycles. The van der Waals surface area contributed by atoms with E-state index >= 15 is 0 Å². The monoisotopic (exact) mass is 175 g/mol. The van der Waals surface area contributed by atoms with E-state index in [9.17, 15) is 4.57 Å². The third-order valence-electron chi connectivity index (χ3n) is 1.73. The standard InChI is InChI=1S/C7H14NO2P/c1-11(9,10)5-6-2-3-7(8)4-6/h2,7H,3-5,8H2,1H3,(H,9,10)/t7-/m0/s1. The summed E-state index contributed by atoms with van der Waals surface area (Å²) in [6.07, 6.45) is 3.95. The fourth-order valence-electron chi connectivity index (χ4n) is 1.33. The van der Waals surface area contributed by atoms with Crippen LogP contribution < -0.4 is 5.73 Å². The Labute approximate surface area is 66.7 Å². The van der Waals surface area contributed by atoms with E-state index in [-0.39, 0.29) is 6.04 Å². The molecule has 0 bridgehead atoms. The molecule has 0 aromatic rings. The second-order valence-electron chi connectivity index (χ2n) is 3.27. The van der Waals surface area contributed by atoms with Gasteiger partial charge in [0.2, 0.25) is 7.37 Å². The summed E-state index contributed by atoms with van der Waals surface area (Å²) in [4.78, 5) is 9.04. The van der Waals surface area contributed by atoms with Crippen LogP contribution in [0.25, 0.3) is 0 Å². The largest absolute Gasteiger partial charge is 0.344 e. The lowest BCUT2D eigenvalue weighted by atomic mass is 10.2. The fraction of sp³-hybridized carbons (Fsp3) is 0.714. The summed E-state index contributed by atoms with van der Waals surface area (Å²) in [5.74, 6) is 0. The van der Waals surface area contributed by atoms with E-state index in [1.807, 2.05) is 6.08 Å². The van der Waals surface area contributed by atoms with E-state index in [0.717, 1.165) is 18.4 Å². The average molecular weight is 175 g/mol. The molecule has 0 saturated carbocycles. The van der Waals surface area contributed by atoms with Crippen LogP contribution in [-0.4, -0.2) is 23.8 Å². The molecule has 3 nitrogen and oxygen atoms in total. The molecular formula is C7H14NO2P. The van der Waals surface area contributed by atoms with Gasteiger partial charge in [-0.25, -0.2) is 0 Å². The van der Waals surface area contributed by atoms with Gasteiger partial charge >= 0.3 is 0 Å². The highest BCUT2D eigenvalue weighted by atomic mass is 31.2. The molecule has 0 radical (unpaired) electrons. The zero-order chi connectivity index (χ0) is 8.48. The Kier molecular flexibility index (Phi) is 2.53. The molecule has 0 aromatic heterocycles. The molecule has 4 heteroatoms. The van der Waals surface area contributed by atoms with Crippen molar-refractivity contribution < 1.29 is 9.46 Å². The van der Waals surface area contributed by atoms with E-state index in [0.29, 0.717) is 6.16 Å². The molecule has 0 aromatic carbocycles. The SMILES string of the molecule is CP(=O)(O)CC1=CC[C@H](N)C1. The van der Waals surface area contributed by atoms with Crippen molar-refractivity contribution in [2.24, 2.45) is 5.73 Å². The average Bonchev–Trinajstić information content (AvgIpc) is 2.10. The van der Waals surface area contributed by atoms with Gasteiger partial charge in [-0.2, -0.15) is 0 Å². The molecule has 0 fully saturated rings. The molecule has 3 N–H and O–H groups in total. The summed E-state index contributed by atoms with van der Waals surface area (Å²) >= 11 is 0. The smallest absolute Gasteiger partial charge is 0.201 e. The van der Waals surface area contributed by atoms with Crippen molar-refractivity contribution in [3.63, 3.8) is 0 Å². The van der Waals surface area contributed by atoms with E-state index < -0.39 is 7.37 Å². The molecule has 64 valence electrons. The minimum atomic E-state index is -2.87. The van der Waals surface area contributed by atoms with Gasteiger partial charge in [0.15, 0.2) is 0 Å². The molecule has 1 unspecified atom stereocenters. The van der Waals surface area contributed by atoms with Gasteiger partial charge in [0.05, 0.1) is 0 Å². The quantitative estimate of drug-likeness (QED) is 0.484. The first-order chi connectivity index (χ1) is 4.97. The minimum Gasteiger partial charge on any atom is -0.344 e. The van der Waals surface area contributed by atoms with Crippen molar-refractivity contribution in [1.29, 1.82) is 0 Å². The molecule has 1 rings (SSSR count). The van der Waals surface area contributed by atoms with E-state index in [1.54, 1.807) is 0 Å². The highest BCUT2D eigenvalue weighted by molar-refractivity contribution is 7.57. The molecule has 2 atom stereocenters. The zero-order valence-corrected chi connectivity index (χ0v) is 7.55. The second kappa shape index (κ2) is 3.10. The Bertz CT molecular complexity index is 218. The first-order valence-electron chi connectivity index (χ1n) is 3.70. The third-order valence-corrected chi connectivity index (χ3v) is 2.72. The summed E-state index contributed by atoms with van der Waals surface area (Å²) in [5.41, 5.74) is 6.67. The zero-order valence-electron chi connectivity index (χ0n) is 6.66. The Balaban J connectivity index is 2.46. The molecule has 0 saturated heterocycles. The molecular weight excluding hydrogens is 161 g/mol. The van der Waals surface area contributed by atoms with Crippen molar-refractivity contribution in [2.75, 3.05) is 12.8 Å². The second-order valence-corrected chi connectivity index (χ2v) is 5.69. The van der Waals surface area contributed by atoms with Gasteiger partial charge in [0, 0.05) is 18.9 Å². The summed E-state index contributed by atoms with van der Waals surface area (Å²) in [6.45, 7) is 1.39. The van der Waals surface area contributed by atoms with Crippen LogP contribution in [0.5, 0.6) is 0 Å². The summed E-state index contributed by atoms with van der Waals surface area (Å²) < 4.78 is 11.0. The fourth-order valence-corrected chi connectivity index (χ4v) is 2.34. The van der Waals surface area contributed by atoms with E-state index in [2.05, 4.69) is 0 Å². The maximum Gasteiger partial charge on any atom is 0.201 e. The van der Waals surface area contributed by atoms with Crippen molar-refractivity contribution in [2.45, 2.75) is 18.9 Å². The van der Waals surface area contributed by atoms with Crippen molar-refractivity contribution >= 4 is 7.37 Å². The van der Waals surface area contributed by atoms with E-state index in [4.69, 9.17) is 10.6 Å². The van der Waals surface area contributed by atoms with Crippen LogP contribution in [0.2, 0.25) is 0 Å². The molecule has 1 aliphatic rings. The van der Waals surface area contributed by atoms with Crippen molar-refractivity contribution in [3.8, 4) is 0 Å². The Morgan fingerprint density at radius 1 is 1.91 bits per heavy atom. The van der Waals surface area contributed by atoms with Crippen molar-refractivity contribution in [1.82, 2.24) is 0 Å². The van der Waals surface area contributed by atoms with Crippen LogP contribution in [0, 0.1) is 0 Å². The van der Waals surface area contributed by atoms with Gasteiger partial charge in [0.25, 0.3) is 0 Å². The van der Waals surface area contributed by atoms with Gasteiger partial charge in [-0.3, -0.25) is 4.57 Å². The highest BCUT2D eigenvalue weighted by Gasteiger charge is 2.18. The van der Waals surface area contributed by atoms with Crippen LogP contribution in [0.3, 0.4) is 0 Å². The number of nitrogens with two attached hydrogens (primary N) is 1. The Hall–Kier alpha value is -0.110. The lowest BCUT2D eigenvalue weighted by Crippen LogP contribution is -2.15. The normalized spacial score (nSPS) is 29.7. The molecule has 0 spiro atoms. The summed E-state index contributed by atoms with van der Waals surface area (Å²) in [5, 5.41) is 0. The molecule has 1 aliphatic carbocycles. The van der Waals surface area contributed by atoms with Gasteiger partial charge in [0.1, 0.15) is 0 Å². The number of rotatable bonds is 2. The maximum absolute atomic E-state index is 11.0. The predicted molar refractivity (Wildman–Crippen MR) is 45.9 cm³/mol. The molecule has 0 amide bonds. The van der Waals surface area contributed by atoms with Crippen LogP contribution >= 0.6 is 7.37 Å². The first kappa shape index (κ1) is 8.98. The lowest BCUT2D eigenvalue weighted by molar-refractivity contribution is 0.487. The summed E-state index contributed by atoms with van der Waals surface area (Å²) in [7, 11) is -2.87. The lowest BCUT2D eigenvalue weighted by Gasteiger charge is -2.06. The topological polar surface area (TPSA) is 63.3 Å². The number of hydrogen-bond acceptors (Lipinski definition) is 2. The Morgan fingerprint density at radius 3 is 2.91 bits per heavy atom. The predicted octanol–water partition coefficient (Wildman–Crippen LogP) is 0.934.